The third kappa shape index (κ3) is 2.52. The molecule has 0 aliphatic carbocycles. The minimum atomic E-state index is -0.579. The fourth-order valence-corrected chi connectivity index (χ4v) is 2.41. The molecule has 2 rings (SSSR count). The molecule has 0 radical (unpaired) electrons. The summed E-state index contributed by atoms with van der Waals surface area (Å²) in [6, 6.07) is 9.48. The number of likely N-dealkylation sites (N-methyl/N-ethyl adjacent to an activating group) is 1. The predicted octanol–water partition coefficient (Wildman–Crippen LogP) is 2.04. The quantitative estimate of drug-likeness (QED) is 0.637. The zero-order valence-electron chi connectivity index (χ0n) is 12.4. The molecule has 21 heavy (non-hydrogen) atoms. The monoisotopic (exact) mass is 283 g/mol. The van der Waals surface area contributed by atoms with Gasteiger partial charge in [-0.1, -0.05) is 18.2 Å². The predicted molar refractivity (Wildman–Crippen MR) is 79.9 cm³/mol. The molecule has 1 aromatic heterocycles. The van der Waals surface area contributed by atoms with Gasteiger partial charge in [0, 0.05) is 37.2 Å². The number of aromatic nitrogens is 1. The first-order valence-electron chi connectivity index (χ1n) is 6.69. The van der Waals surface area contributed by atoms with Crippen LogP contribution in [-0.4, -0.2) is 34.7 Å². The Labute approximate surface area is 123 Å². The molecule has 0 atom stereocenters. The molecule has 0 aliphatic heterocycles. The Balaban J connectivity index is 2.43. The zero-order chi connectivity index (χ0) is 15.6. The Kier molecular flexibility index (Phi) is 4.08. The first-order valence-corrected chi connectivity index (χ1v) is 6.69. The normalized spacial score (nSPS) is 10.4. The number of nitrogens with zero attached hydrogens (tertiary/aromatic N) is 3. The average molecular weight is 283 g/mol. The van der Waals surface area contributed by atoms with E-state index < -0.39 is 11.7 Å². The number of fused-ring (bicyclic) bond motifs is 1. The highest BCUT2D eigenvalue weighted by molar-refractivity contribution is 6.45. The number of Topliss-reactive ketones (excluding diaryl/α,β-unsaturated/α-hetero) is 1. The molecule has 0 aliphatic rings. The number of benzene rings is 1. The number of aryl methyl sites for hydroxylation is 1. The number of hydrogen-bond acceptors (Lipinski definition) is 3. The second-order valence-corrected chi connectivity index (χ2v) is 5.00. The molecule has 0 saturated carbocycles. The summed E-state index contributed by atoms with van der Waals surface area (Å²) in [5, 5.41) is 9.35. The average Bonchev–Trinajstić information content (AvgIpc) is 2.75. The number of para-hydroxylation sites is 1. The Morgan fingerprint density at radius 3 is 2.67 bits per heavy atom. The highest BCUT2D eigenvalue weighted by Gasteiger charge is 2.26. The number of amides is 1. The Morgan fingerprint density at radius 2 is 2.00 bits per heavy atom. The van der Waals surface area contributed by atoms with Gasteiger partial charge in [0.05, 0.1) is 18.1 Å². The topological polar surface area (TPSA) is 66.1 Å². The van der Waals surface area contributed by atoms with Gasteiger partial charge in [-0.05, 0) is 13.0 Å². The van der Waals surface area contributed by atoms with E-state index in [1.165, 1.54) is 11.9 Å². The van der Waals surface area contributed by atoms with Gasteiger partial charge in [0.1, 0.15) is 0 Å². The van der Waals surface area contributed by atoms with E-state index in [1.807, 2.05) is 48.9 Å². The molecule has 5 nitrogen and oxygen atoms in total. The highest BCUT2D eigenvalue weighted by Crippen LogP contribution is 2.25. The first-order chi connectivity index (χ1) is 9.99. The van der Waals surface area contributed by atoms with Crippen LogP contribution in [0.3, 0.4) is 0 Å². The van der Waals surface area contributed by atoms with Crippen LogP contribution >= 0.6 is 0 Å². The van der Waals surface area contributed by atoms with Crippen molar-refractivity contribution in [2.45, 2.75) is 13.3 Å². The van der Waals surface area contributed by atoms with Gasteiger partial charge in [0.2, 0.25) is 0 Å². The van der Waals surface area contributed by atoms with Crippen molar-refractivity contribution < 1.29 is 9.59 Å². The number of rotatable bonds is 4. The van der Waals surface area contributed by atoms with Gasteiger partial charge in [-0.2, -0.15) is 5.26 Å². The van der Waals surface area contributed by atoms with Gasteiger partial charge >= 0.3 is 0 Å². The third-order valence-electron chi connectivity index (χ3n) is 3.73. The fourth-order valence-electron chi connectivity index (χ4n) is 2.41. The van der Waals surface area contributed by atoms with Crippen molar-refractivity contribution in [3.05, 3.63) is 35.5 Å². The molecular weight excluding hydrogens is 266 g/mol. The van der Waals surface area contributed by atoms with Crippen molar-refractivity contribution in [3.63, 3.8) is 0 Å². The van der Waals surface area contributed by atoms with E-state index in [9.17, 15) is 9.59 Å². The largest absolute Gasteiger partial charge is 0.347 e. The number of carbonyl (C=O) groups excluding carboxylic acids is 2. The van der Waals surface area contributed by atoms with Crippen molar-refractivity contribution in [2.24, 2.45) is 7.05 Å². The summed E-state index contributed by atoms with van der Waals surface area (Å²) in [5.41, 5.74) is 2.14. The van der Waals surface area contributed by atoms with Crippen LogP contribution in [0.15, 0.2) is 24.3 Å². The van der Waals surface area contributed by atoms with E-state index >= 15 is 0 Å². The smallest absolute Gasteiger partial charge is 0.294 e. The van der Waals surface area contributed by atoms with Gasteiger partial charge in [-0.3, -0.25) is 9.59 Å². The van der Waals surface area contributed by atoms with Crippen LogP contribution in [0, 0.1) is 18.3 Å². The Bertz CT molecular complexity index is 753. The summed E-state index contributed by atoms with van der Waals surface area (Å²) < 4.78 is 1.91. The molecule has 1 heterocycles. The van der Waals surface area contributed by atoms with E-state index in [1.54, 1.807) is 0 Å². The lowest BCUT2D eigenvalue weighted by molar-refractivity contribution is -0.125. The van der Waals surface area contributed by atoms with Crippen LogP contribution < -0.4 is 0 Å². The molecule has 0 spiro atoms. The van der Waals surface area contributed by atoms with Crippen LogP contribution in [0.2, 0.25) is 0 Å². The van der Waals surface area contributed by atoms with Crippen LogP contribution in [0.25, 0.3) is 10.9 Å². The molecule has 108 valence electrons. The third-order valence-corrected chi connectivity index (χ3v) is 3.73. The number of hydrogen-bond donors (Lipinski definition) is 0. The molecule has 0 unspecified atom stereocenters. The Hall–Kier alpha value is -2.61. The minimum Gasteiger partial charge on any atom is -0.347 e. The number of nitriles is 1. The summed E-state index contributed by atoms with van der Waals surface area (Å²) in [5.74, 6) is -1.10. The molecule has 0 N–H and O–H groups in total. The first kappa shape index (κ1) is 14.8. The minimum absolute atomic E-state index is 0.212. The van der Waals surface area contributed by atoms with Crippen molar-refractivity contribution in [1.29, 1.82) is 5.26 Å². The van der Waals surface area contributed by atoms with Gasteiger partial charge < -0.3 is 9.47 Å². The van der Waals surface area contributed by atoms with Gasteiger partial charge in [0.15, 0.2) is 0 Å². The molecule has 0 saturated heterocycles. The lowest BCUT2D eigenvalue weighted by Crippen LogP contribution is -2.34. The summed E-state index contributed by atoms with van der Waals surface area (Å²) in [4.78, 5) is 26.0. The second kappa shape index (κ2) is 5.80. The van der Waals surface area contributed by atoms with Gasteiger partial charge in [-0.25, -0.2) is 0 Å². The SMILES string of the molecule is Cc1c(C(=O)C(=O)N(C)CCC#N)c2ccccc2n1C. The lowest BCUT2D eigenvalue weighted by atomic mass is 10.1. The molecule has 1 aromatic carbocycles. The van der Waals surface area contributed by atoms with Crippen molar-refractivity contribution in [1.82, 2.24) is 9.47 Å². The maximum atomic E-state index is 12.5. The molecule has 2 aromatic rings. The van der Waals surface area contributed by atoms with Crippen LogP contribution in [0.4, 0.5) is 0 Å². The Morgan fingerprint density at radius 1 is 1.33 bits per heavy atom. The molecule has 5 heteroatoms. The van der Waals surface area contributed by atoms with E-state index in [-0.39, 0.29) is 13.0 Å². The van der Waals surface area contributed by atoms with Crippen molar-refractivity contribution in [3.8, 4) is 6.07 Å². The highest BCUT2D eigenvalue weighted by atomic mass is 16.2. The van der Waals surface area contributed by atoms with E-state index in [2.05, 4.69) is 0 Å². The summed E-state index contributed by atoms with van der Waals surface area (Å²) in [6.07, 6.45) is 0.212. The van der Waals surface area contributed by atoms with Crippen LogP contribution in [0.5, 0.6) is 0 Å². The van der Waals surface area contributed by atoms with E-state index in [0.29, 0.717) is 5.56 Å². The lowest BCUT2D eigenvalue weighted by Gasteiger charge is -2.14. The van der Waals surface area contributed by atoms with E-state index in [4.69, 9.17) is 5.26 Å². The van der Waals surface area contributed by atoms with E-state index in [0.717, 1.165) is 16.6 Å². The second-order valence-electron chi connectivity index (χ2n) is 5.00. The molecular formula is C16H17N3O2. The molecule has 1 amide bonds. The molecule has 0 fully saturated rings. The maximum Gasteiger partial charge on any atom is 0.294 e. The van der Waals surface area contributed by atoms with Crippen LogP contribution in [0.1, 0.15) is 22.5 Å². The fraction of sp³-hybridized carbons (Fsp3) is 0.312. The zero-order valence-corrected chi connectivity index (χ0v) is 12.4. The number of ketones is 1. The standard InChI is InChI=1S/C16H17N3O2/c1-11-14(12-7-4-5-8-13(12)19(11)3)15(20)16(21)18(2)10-6-9-17/h4-5,7-8H,6,10H2,1-3H3. The summed E-state index contributed by atoms with van der Waals surface area (Å²) in [7, 11) is 3.41. The van der Waals surface area contributed by atoms with Crippen molar-refractivity contribution in [2.75, 3.05) is 13.6 Å². The van der Waals surface area contributed by atoms with Gasteiger partial charge in [-0.15, -0.1) is 0 Å². The summed E-state index contributed by atoms with van der Waals surface area (Å²) in [6.45, 7) is 2.08. The number of carbonyl (C=O) groups is 2. The molecule has 0 bridgehead atoms. The maximum absolute atomic E-state index is 12.5. The van der Waals surface area contributed by atoms with Crippen molar-refractivity contribution >= 4 is 22.6 Å². The van der Waals surface area contributed by atoms with Crippen LogP contribution in [-0.2, 0) is 11.8 Å². The van der Waals surface area contributed by atoms with Gasteiger partial charge in [0.25, 0.3) is 11.7 Å². The summed E-state index contributed by atoms with van der Waals surface area (Å²) >= 11 is 0.